The minimum Gasteiger partial charge on any atom is -0.329 e. The minimum atomic E-state index is 0.305. The van der Waals surface area contributed by atoms with Gasteiger partial charge in [-0.15, -0.1) is 0 Å². The molecule has 3 atom stereocenters. The molecule has 2 rings (SSSR count). The van der Waals surface area contributed by atoms with E-state index in [1.165, 1.54) is 70.9 Å². The van der Waals surface area contributed by atoms with E-state index in [1.54, 1.807) is 0 Å². The van der Waals surface area contributed by atoms with Crippen LogP contribution in [-0.2, 0) is 0 Å². The first-order chi connectivity index (χ1) is 10.1. The lowest BCUT2D eigenvalue weighted by Crippen LogP contribution is -2.57. The van der Waals surface area contributed by atoms with Gasteiger partial charge in [-0.2, -0.15) is 0 Å². The third-order valence-electron chi connectivity index (χ3n) is 5.91. The summed E-state index contributed by atoms with van der Waals surface area (Å²) in [6.45, 7) is 5.65. The summed E-state index contributed by atoms with van der Waals surface area (Å²) in [7, 11) is 4.41. The Hall–Kier alpha value is -0.120. The maximum absolute atomic E-state index is 6.34. The first-order valence-corrected chi connectivity index (χ1v) is 9.23. The van der Waals surface area contributed by atoms with Crippen LogP contribution in [0.3, 0.4) is 0 Å². The van der Waals surface area contributed by atoms with Crippen molar-refractivity contribution in [1.82, 2.24) is 9.80 Å². The van der Waals surface area contributed by atoms with Crippen LogP contribution in [0.2, 0.25) is 0 Å². The highest BCUT2D eigenvalue weighted by molar-refractivity contribution is 4.99. The zero-order valence-electron chi connectivity index (χ0n) is 14.6. The fourth-order valence-electron chi connectivity index (χ4n) is 4.84. The lowest BCUT2D eigenvalue weighted by molar-refractivity contribution is 0.0534. The van der Waals surface area contributed by atoms with Crippen LogP contribution in [-0.4, -0.2) is 55.1 Å². The number of hydrogen-bond donors (Lipinski definition) is 1. The molecule has 1 saturated heterocycles. The molecule has 2 N–H and O–H groups in total. The molecule has 1 aliphatic carbocycles. The molecule has 1 heterocycles. The second-order valence-corrected chi connectivity index (χ2v) is 7.77. The average Bonchev–Trinajstić information content (AvgIpc) is 2.80. The van der Waals surface area contributed by atoms with Gasteiger partial charge >= 0.3 is 0 Å². The van der Waals surface area contributed by atoms with E-state index in [9.17, 15) is 0 Å². The summed E-state index contributed by atoms with van der Waals surface area (Å²) in [5.41, 5.74) is 6.65. The van der Waals surface area contributed by atoms with E-state index >= 15 is 0 Å². The molecule has 2 fully saturated rings. The van der Waals surface area contributed by atoms with Crippen LogP contribution in [0.5, 0.6) is 0 Å². The Bertz CT molecular complexity index is 305. The van der Waals surface area contributed by atoms with Gasteiger partial charge in [0.25, 0.3) is 0 Å². The van der Waals surface area contributed by atoms with Crippen LogP contribution in [0.15, 0.2) is 0 Å². The quantitative estimate of drug-likeness (QED) is 0.764. The molecule has 3 unspecified atom stereocenters. The Morgan fingerprint density at radius 3 is 2.62 bits per heavy atom. The van der Waals surface area contributed by atoms with Crippen molar-refractivity contribution in [2.24, 2.45) is 11.7 Å². The number of hydrogen-bond acceptors (Lipinski definition) is 3. The molecule has 21 heavy (non-hydrogen) atoms. The molecule has 0 aromatic carbocycles. The van der Waals surface area contributed by atoms with Gasteiger partial charge in [0, 0.05) is 24.7 Å². The zero-order valence-corrected chi connectivity index (χ0v) is 14.6. The fraction of sp³-hybridized carbons (Fsp3) is 1.00. The summed E-state index contributed by atoms with van der Waals surface area (Å²) < 4.78 is 0. The van der Waals surface area contributed by atoms with E-state index < -0.39 is 0 Å². The summed E-state index contributed by atoms with van der Waals surface area (Å²) in [6.07, 6.45) is 12.3. The van der Waals surface area contributed by atoms with Crippen molar-refractivity contribution in [2.75, 3.05) is 33.7 Å². The standard InChI is InChI=1S/C18H37N3/c1-4-7-16-8-5-11-18(15-19,12-10-16)21-13-6-9-17(21)14-20(2)3/h16-17H,4-15,19H2,1-3H3. The topological polar surface area (TPSA) is 32.5 Å². The van der Waals surface area contributed by atoms with E-state index in [0.29, 0.717) is 5.54 Å². The summed E-state index contributed by atoms with van der Waals surface area (Å²) in [6, 6.07) is 0.728. The van der Waals surface area contributed by atoms with Crippen LogP contribution < -0.4 is 5.73 Å². The van der Waals surface area contributed by atoms with Crippen molar-refractivity contribution in [3.8, 4) is 0 Å². The molecule has 0 aromatic rings. The third kappa shape index (κ3) is 4.20. The lowest BCUT2D eigenvalue weighted by Gasteiger charge is -2.45. The average molecular weight is 296 g/mol. The molecule has 1 saturated carbocycles. The van der Waals surface area contributed by atoms with E-state index in [4.69, 9.17) is 5.73 Å². The molecule has 124 valence electrons. The van der Waals surface area contributed by atoms with Gasteiger partial charge in [-0.25, -0.2) is 0 Å². The van der Waals surface area contributed by atoms with Crippen LogP contribution >= 0.6 is 0 Å². The van der Waals surface area contributed by atoms with E-state index in [1.807, 2.05) is 0 Å². The summed E-state index contributed by atoms with van der Waals surface area (Å²) in [5, 5.41) is 0. The number of likely N-dealkylation sites (N-methyl/N-ethyl adjacent to an activating group) is 1. The van der Waals surface area contributed by atoms with Crippen LogP contribution in [0.1, 0.15) is 64.7 Å². The molecule has 0 bridgehead atoms. The van der Waals surface area contributed by atoms with E-state index in [2.05, 4.69) is 30.8 Å². The Balaban J connectivity index is 2.05. The molecule has 3 nitrogen and oxygen atoms in total. The largest absolute Gasteiger partial charge is 0.329 e. The maximum atomic E-state index is 6.34. The number of rotatable bonds is 6. The maximum Gasteiger partial charge on any atom is 0.0335 e. The third-order valence-corrected chi connectivity index (χ3v) is 5.91. The second-order valence-electron chi connectivity index (χ2n) is 7.77. The van der Waals surface area contributed by atoms with Crippen molar-refractivity contribution in [2.45, 2.75) is 76.3 Å². The normalized spacial score (nSPS) is 35.3. The van der Waals surface area contributed by atoms with Gasteiger partial charge in [-0.1, -0.05) is 32.6 Å². The van der Waals surface area contributed by atoms with Gasteiger partial charge in [0.05, 0.1) is 0 Å². The second kappa shape index (κ2) is 7.94. The Morgan fingerprint density at radius 2 is 1.95 bits per heavy atom. The van der Waals surface area contributed by atoms with E-state index in [-0.39, 0.29) is 0 Å². The van der Waals surface area contributed by atoms with Gasteiger partial charge in [-0.3, -0.25) is 4.90 Å². The van der Waals surface area contributed by atoms with Gasteiger partial charge in [-0.05, 0) is 58.7 Å². The number of likely N-dealkylation sites (tertiary alicyclic amines) is 1. The highest BCUT2D eigenvalue weighted by Crippen LogP contribution is 2.39. The van der Waals surface area contributed by atoms with Crippen molar-refractivity contribution >= 4 is 0 Å². The molecule has 0 amide bonds. The van der Waals surface area contributed by atoms with Gasteiger partial charge in [0.1, 0.15) is 0 Å². The first kappa shape index (κ1) is 17.2. The Morgan fingerprint density at radius 1 is 1.14 bits per heavy atom. The Labute approximate surface area is 132 Å². The predicted octanol–water partition coefficient (Wildman–Crippen LogP) is 3.09. The summed E-state index contributed by atoms with van der Waals surface area (Å²) in [5.74, 6) is 0.957. The molecular formula is C18H37N3. The van der Waals surface area contributed by atoms with E-state index in [0.717, 1.165) is 18.5 Å². The number of nitrogens with two attached hydrogens (primary N) is 1. The molecule has 2 aliphatic rings. The van der Waals surface area contributed by atoms with Crippen molar-refractivity contribution in [3.63, 3.8) is 0 Å². The zero-order chi connectivity index (χ0) is 15.3. The van der Waals surface area contributed by atoms with Crippen LogP contribution in [0.25, 0.3) is 0 Å². The first-order valence-electron chi connectivity index (χ1n) is 9.23. The Kier molecular flexibility index (Phi) is 6.51. The fourth-order valence-corrected chi connectivity index (χ4v) is 4.84. The molecule has 0 spiro atoms. The van der Waals surface area contributed by atoms with Crippen LogP contribution in [0, 0.1) is 5.92 Å². The monoisotopic (exact) mass is 295 g/mol. The molecule has 3 heteroatoms. The molecule has 0 aromatic heterocycles. The van der Waals surface area contributed by atoms with Crippen molar-refractivity contribution < 1.29 is 0 Å². The van der Waals surface area contributed by atoms with Crippen molar-refractivity contribution in [1.29, 1.82) is 0 Å². The lowest BCUT2D eigenvalue weighted by atomic mass is 9.86. The van der Waals surface area contributed by atoms with Gasteiger partial charge < -0.3 is 10.6 Å². The van der Waals surface area contributed by atoms with Gasteiger partial charge in [0.2, 0.25) is 0 Å². The molecule has 1 aliphatic heterocycles. The molecule has 0 radical (unpaired) electrons. The highest BCUT2D eigenvalue weighted by Gasteiger charge is 2.42. The minimum absolute atomic E-state index is 0.305. The number of nitrogens with zero attached hydrogens (tertiary/aromatic N) is 2. The van der Waals surface area contributed by atoms with Crippen molar-refractivity contribution in [3.05, 3.63) is 0 Å². The smallest absolute Gasteiger partial charge is 0.0335 e. The highest BCUT2D eigenvalue weighted by atomic mass is 15.3. The SMILES string of the molecule is CCCC1CCCC(CN)(N2CCCC2CN(C)C)CC1. The summed E-state index contributed by atoms with van der Waals surface area (Å²) in [4.78, 5) is 5.17. The van der Waals surface area contributed by atoms with Crippen LogP contribution in [0.4, 0.5) is 0 Å². The van der Waals surface area contributed by atoms with Gasteiger partial charge in [0.15, 0.2) is 0 Å². The predicted molar refractivity (Wildman–Crippen MR) is 91.6 cm³/mol. The summed E-state index contributed by atoms with van der Waals surface area (Å²) >= 11 is 0. The molecular weight excluding hydrogens is 258 g/mol.